The standard InChI is InChI=1S/C21H26FNO2/c1-14(2)23-11-5-6-18-13-17(8-10-20(18)23)16(4)19(22)9-7-15(3)12-21(24)25/h7-10,12-14H,5-6,11H2,1-4H3,(H,24,25)/b9-7+,15-12+,19-16+. The van der Waals surface area contributed by atoms with Gasteiger partial charge in [0, 0.05) is 24.4 Å². The molecule has 1 aromatic rings. The molecule has 1 aliphatic heterocycles. The first-order chi connectivity index (χ1) is 11.8. The summed E-state index contributed by atoms with van der Waals surface area (Å²) >= 11 is 0. The number of carboxylic acids is 1. The van der Waals surface area contributed by atoms with Gasteiger partial charge < -0.3 is 10.0 Å². The Bertz CT molecular complexity index is 744. The van der Waals surface area contributed by atoms with Gasteiger partial charge in [0.25, 0.3) is 0 Å². The van der Waals surface area contributed by atoms with Gasteiger partial charge in [-0.25, -0.2) is 9.18 Å². The minimum atomic E-state index is -1.03. The number of benzene rings is 1. The zero-order valence-corrected chi connectivity index (χ0v) is 15.3. The number of rotatable bonds is 5. The summed E-state index contributed by atoms with van der Waals surface area (Å²) < 4.78 is 14.4. The van der Waals surface area contributed by atoms with Crippen molar-refractivity contribution in [1.82, 2.24) is 0 Å². The molecule has 0 aromatic heterocycles. The fourth-order valence-corrected chi connectivity index (χ4v) is 3.11. The van der Waals surface area contributed by atoms with Crippen molar-refractivity contribution in [3.63, 3.8) is 0 Å². The maximum atomic E-state index is 14.4. The molecule has 1 aliphatic rings. The largest absolute Gasteiger partial charge is 0.478 e. The minimum Gasteiger partial charge on any atom is -0.478 e. The average molecular weight is 343 g/mol. The smallest absolute Gasteiger partial charge is 0.328 e. The molecular formula is C21H26FNO2. The maximum absolute atomic E-state index is 14.4. The van der Waals surface area contributed by atoms with E-state index in [-0.39, 0.29) is 5.83 Å². The topological polar surface area (TPSA) is 40.5 Å². The Morgan fingerprint density at radius 2 is 2.00 bits per heavy atom. The Morgan fingerprint density at radius 1 is 1.28 bits per heavy atom. The van der Waals surface area contributed by atoms with Crippen molar-refractivity contribution in [2.24, 2.45) is 0 Å². The molecule has 0 radical (unpaired) electrons. The first-order valence-electron chi connectivity index (χ1n) is 8.65. The third-order valence-electron chi connectivity index (χ3n) is 4.49. The molecule has 3 nitrogen and oxygen atoms in total. The molecule has 0 saturated heterocycles. The first-order valence-corrected chi connectivity index (χ1v) is 8.65. The van der Waals surface area contributed by atoms with Crippen LogP contribution in [0.5, 0.6) is 0 Å². The van der Waals surface area contributed by atoms with Gasteiger partial charge in [-0.3, -0.25) is 0 Å². The van der Waals surface area contributed by atoms with Gasteiger partial charge in [-0.15, -0.1) is 0 Å². The summed E-state index contributed by atoms with van der Waals surface area (Å²) in [6.45, 7) is 8.82. The predicted molar refractivity (Wildman–Crippen MR) is 101 cm³/mol. The molecule has 0 fully saturated rings. The molecular weight excluding hydrogens is 317 g/mol. The molecule has 4 heteroatoms. The van der Waals surface area contributed by atoms with Crippen molar-refractivity contribution in [3.05, 3.63) is 59.0 Å². The second-order valence-corrected chi connectivity index (χ2v) is 6.77. The van der Waals surface area contributed by atoms with Crippen molar-refractivity contribution in [3.8, 4) is 0 Å². The summed E-state index contributed by atoms with van der Waals surface area (Å²) in [6, 6.07) is 6.57. The van der Waals surface area contributed by atoms with E-state index in [0.29, 0.717) is 17.2 Å². The highest BCUT2D eigenvalue weighted by molar-refractivity contribution is 5.81. The average Bonchev–Trinajstić information content (AvgIpc) is 2.57. The number of allylic oxidation sites excluding steroid dienone is 5. The summed E-state index contributed by atoms with van der Waals surface area (Å²) in [6.07, 6.45) is 5.98. The van der Waals surface area contributed by atoms with Crippen molar-refractivity contribution in [1.29, 1.82) is 0 Å². The molecule has 0 amide bonds. The second-order valence-electron chi connectivity index (χ2n) is 6.77. The first kappa shape index (κ1) is 19.0. The fraction of sp³-hybridized carbons (Fsp3) is 0.381. The fourth-order valence-electron chi connectivity index (χ4n) is 3.11. The minimum absolute atomic E-state index is 0.352. The van der Waals surface area contributed by atoms with Gasteiger partial charge in [-0.1, -0.05) is 12.1 Å². The van der Waals surface area contributed by atoms with Crippen LogP contribution in [-0.4, -0.2) is 23.7 Å². The van der Waals surface area contributed by atoms with Crippen LogP contribution in [0.3, 0.4) is 0 Å². The van der Waals surface area contributed by atoms with Crippen LogP contribution in [0.25, 0.3) is 5.57 Å². The van der Waals surface area contributed by atoms with Crippen LogP contribution in [0.2, 0.25) is 0 Å². The Balaban J connectivity index is 2.29. The van der Waals surface area contributed by atoms with Gasteiger partial charge in [0.2, 0.25) is 0 Å². The lowest BCUT2D eigenvalue weighted by Crippen LogP contribution is -2.35. The van der Waals surface area contributed by atoms with Crippen LogP contribution in [0, 0.1) is 0 Å². The lowest BCUT2D eigenvalue weighted by atomic mass is 9.95. The molecule has 134 valence electrons. The van der Waals surface area contributed by atoms with Gasteiger partial charge in [0.05, 0.1) is 0 Å². The Hall–Kier alpha value is -2.36. The molecule has 1 heterocycles. The maximum Gasteiger partial charge on any atom is 0.328 e. The summed E-state index contributed by atoms with van der Waals surface area (Å²) in [5, 5.41) is 8.69. The number of carbonyl (C=O) groups is 1. The third-order valence-corrected chi connectivity index (χ3v) is 4.49. The molecule has 0 saturated carbocycles. The highest BCUT2D eigenvalue weighted by Crippen LogP contribution is 2.32. The second kappa shape index (κ2) is 8.15. The lowest BCUT2D eigenvalue weighted by Gasteiger charge is -2.35. The summed E-state index contributed by atoms with van der Waals surface area (Å²) in [5.74, 6) is -1.39. The SMILES string of the molecule is CC(/C=C/C(F)=C(/C)c1ccc2c(c1)CCCN2C(C)C)=C\C(=O)O. The van der Waals surface area contributed by atoms with Crippen molar-refractivity contribution in [2.75, 3.05) is 11.4 Å². The van der Waals surface area contributed by atoms with Crippen molar-refractivity contribution < 1.29 is 14.3 Å². The summed E-state index contributed by atoms with van der Waals surface area (Å²) in [5.41, 5.74) is 4.42. The Labute approximate surface area is 149 Å². The van der Waals surface area contributed by atoms with Crippen LogP contribution in [0.4, 0.5) is 10.1 Å². The van der Waals surface area contributed by atoms with Gasteiger partial charge in [0.15, 0.2) is 0 Å². The summed E-state index contributed by atoms with van der Waals surface area (Å²) in [4.78, 5) is 13.0. The van der Waals surface area contributed by atoms with E-state index in [1.54, 1.807) is 13.8 Å². The highest BCUT2D eigenvalue weighted by atomic mass is 19.1. The van der Waals surface area contributed by atoms with E-state index in [9.17, 15) is 9.18 Å². The van der Waals surface area contributed by atoms with Crippen LogP contribution in [0.15, 0.2) is 47.8 Å². The molecule has 2 rings (SSSR count). The normalized spacial score (nSPS) is 16.2. The molecule has 0 atom stereocenters. The zero-order chi connectivity index (χ0) is 18.6. The number of hydrogen-bond donors (Lipinski definition) is 1. The number of anilines is 1. The molecule has 0 spiro atoms. The zero-order valence-electron chi connectivity index (χ0n) is 15.3. The monoisotopic (exact) mass is 343 g/mol. The Kier molecular flexibility index (Phi) is 6.18. The number of carboxylic acid groups (broad SMARTS) is 1. The highest BCUT2D eigenvalue weighted by Gasteiger charge is 2.19. The third kappa shape index (κ3) is 4.81. The number of fused-ring (bicyclic) bond motifs is 1. The van der Waals surface area contributed by atoms with Crippen LogP contribution in [-0.2, 0) is 11.2 Å². The van der Waals surface area contributed by atoms with Crippen LogP contribution in [0.1, 0.15) is 45.2 Å². The number of hydrogen-bond acceptors (Lipinski definition) is 2. The summed E-state index contributed by atoms with van der Waals surface area (Å²) in [7, 11) is 0. The predicted octanol–water partition coefficient (Wildman–Crippen LogP) is 5.14. The molecule has 0 bridgehead atoms. The van der Waals surface area contributed by atoms with E-state index < -0.39 is 5.97 Å². The van der Waals surface area contributed by atoms with Gasteiger partial charge in [0.1, 0.15) is 5.83 Å². The Morgan fingerprint density at radius 3 is 2.64 bits per heavy atom. The van der Waals surface area contributed by atoms with E-state index in [0.717, 1.165) is 31.0 Å². The van der Waals surface area contributed by atoms with Crippen molar-refractivity contribution in [2.45, 2.75) is 46.6 Å². The van der Waals surface area contributed by atoms with Crippen LogP contribution < -0.4 is 4.90 Å². The number of halogens is 1. The van der Waals surface area contributed by atoms with E-state index in [1.165, 1.54) is 23.4 Å². The molecule has 1 N–H and O–H groups in total. The van der Waals surface area contributed by atoms with Gasteiger partial charge in [-0.05, 0) is 81.0 Å². The lowest BCUT2D eigenvalue weighted by molar-refractivity contribution is -0.131. The van der Waals surface area contributed by atoms with E-state index in [4.69, 9.17) is 5.11 Å². The van der Waals surface area contributed by atoms with E-state index in [1.807, 2.05) is 6.07 Å². The molecule has 0 unspecified atom stereocenters. The van der Waals surface area contributed by atoms with Gasteiger partial charge in [-0.2, -0.15) is 0 Å². The van der Waals surface area contributed by atoms with E-state index >= 15 is 0 Å². The van der Waals surface area contributed by atoms with E-state index in [2.05, 4.69) is 30.9 Å². The van der Waals surface area contributed by atoms with Gasteiger partial charge >= 0.3 is 5.97 Å². The number of aliphatic carboxylic acids is 1. The number of nitrogens with zero attached hydrogens (tertiary/aromatic N) is 1. The van der Waals surface area contributed by atoms with Crippen LogP contribution >= 0.6 is 0 Å². The quantitative estimate of drug-likeness (QED) is 0.595. The van der Waals surface area contributed by atoms with Crippen molar-refractivity contribution >= 4 is 17.2 Å². The number of aryl methyl sites for hydroxylation is 1. The molecule has 25 heavy (non-hydrogen) atoms. The molecule has 0 aliphatic carbocycles. The molecule has 1 aromatic carbocycles.